The second-order valence-corrected chi connectivity index (χ2v) is 5.52. The van der Waals surface area contributed by atoms with Crippen LogP contribution in [0.15, 0.2) is 49.2 Å². The van der Waals surface area contributed by atoms with Gasteiger partial charge in [0.1, 0.15) is 6.04 Å². The Balaban J connectivity index is 2.10. The van der Waals surface area contributed by atoms with Gasteiger partial charge in [-0.1, -0.05) is 36.4 Å². The van der Waals surface area contributed by atoms with Crippen molar-refractivity contribution in [2.75, 3.05) is 0 Å². The molecule has 0 radical (unpaired) electrons. The maximum atomic E-state index is 12.4. The Morgan fingerprint density at radius 2 is 2.08 bits per heavy atom. The molecule has 2 aromatic rings. The summed E-state index contributed by atoms with van der Waals surface area (Å²) in [6.07, 6.45) is 3.93. The van der Waals surface area contributed by atoms with Crippen LogP contribution in [0.25, 0.3) is 0 Å². The van der Waals surface area contributed by atoms with E-state index in [1.165, 1.54) is 6.20 Å². The first-order valence-electron chi connectivity index (χ1n) is 7.73. The number of amides is 1. The Morgan fingerprint density at radius 3 is 2.71 bits per heavy atom. The van der Waals surface area contributed by atoms with Crippen molar-refractivity contribution >= 4 is 11.9 Å². The maximum Gasteiger partial charge on any atom is 0.326 e. The van der Waals surface area contributed by atoms with Crippen LogP contribution < -0.4 is 5.32 Å². The summed E-state index contributed by atoms with van der Waals surface area (Å²) in [5, 5.41) is 16.0. The number of carbonyl (C=O) groups is 2. The molecule has 2 N–H and O–H groups in total. The van der Waals surface area contributed by atoms with E-state index in [4.69, 9.17) is 0 Å². The van der Waals surface area contributed by atoms with Crippen molar-refractivity contribution in [2.24, 2.45) is 0 Å². The number of hydrogen-bond acceptors (Lipinski definition) is 3. The zero-order valence-corrected chi connectivity index (χ0v) is 13.6. The van der Waals surface area contributed by atoms with Gasteiger partial charge in [0, 0.05) is 5.69 Å². The highest BCUT2D eigenvalue weighted by atomic mass is 16.4. The number of carbonyl (C=O) groups excluding carboxylic acids is 1. The quantitative estimate of drug-likeness (QED) is 0.729. The first-order chi connectivity index (χ1) is 11.5. The predicted molar refractivity (Wildman–Crippen MR) is 90.8 cm³/mol. The van der Waals surface area contributed by atoms with Gasteiger partial charge in [-0.3, -0.25) is 9.48 Å². The minimum absolute atomic E-state index is 0.307. The Hall–Kier alpha value is -2.89. The van der Waals surface area contributed by atoms with Gasteiger partial charge in [-0.15, -0.1) is 6.58 Å². The fourth-order valence-corrected chi connectivity index (χ4v) is 2.36. The molecule has 1 aromatic carbocycles. The van der Waals surface area contributed by atoms with E-state index in [9.17, 15) is 14.7 Å². The topological polar surface area (TPSA) is 84.2 Å². The molecule has 0 spiro atoms. The molecule has 0 fully saturated rings. The summed E-state index contributed by atoms with van der Waals surface area (Å²) in [7, 11) is 0. The molecule has 1 amide bonds. The number of benzene rings is 1. The molecule has 1 unspecified atom stereocenters. The average Bonchev–Trinajstić information content (AvgIpc) is 2.93. The molecule has 1 aromatic heterocycles. The molecule has 0 aliphatic heterocycles. The number of carboxylic acid groups (broad SMARTS) is 1. The lowest BCUT2D eigenvalue weighted by atomic mass is 10.1. The lowest BCUT2D eigenvalue weighted by Gasteiger charge is -2.13. The number of nitrogens with zero attached hydrogens (tertiary/aromatic N) is 2. The molecule has 2 rings (SSSR count). The molecule has 0 saturated carbocycles. The van der Waals surface area contributed by atoms with E-state index < -0.39 is 17.9 Å². The lowest BCUT2D eigenvalue weighted by Crippen LogP contribution is -2.40. The fourth-order valence-electron chi connectivity index (χ4n) is 2.36. The third kappa shape index (κ3) is 4.32. The van der Waals surface area contributed by atoms with Crippen LogP contribution in [0.4, 0.5) is 0 Å². The second-order valence-electron chi connectivity index (χ2n) is 5.52. The van der Waals surface area contributed by atoms with Gasteiger partial charge in [0.2, 0.25) is 0 Å². The first-order valence-corrected chi connectivity index (χ1v) is 7.73. The minimum atomic E-state index is -1.06. The third-order valence-corrected chi connectivity index (χ3v) is 3.79. The smallest absolute Gasteiger partial charge is 0.326 e. The summed E-state index contributed by atoms with van der Waals surface area (Å²) in [6.45, 7) is 5.92. The van der Waals surface area contributed by atoms with Gasteiger partial charge >= 0.3 is 5.97 Å². The lowest BCUT2D eigenvalue weighted by molar-refractivity contribution is -0.139. The molecule has 24 heavy (non-hydrogen) atoms. The summed E-state index contributed by atoms with van der Waals surface area (Å²) in [5.74, 6) is -1.48. The van der Waals surface area contributed by atoms with Crippen LogP contribution in [0.5, 0.6) is 0 Å². The molecular formula is C18H21N3O3. The largest absolute Gasteiger partial charge is 0.480 e. The van der Waals surface area contributed by atoms with Gasteiger partial charge in [0.05, 0.1) is 18.3 Å². The summed E-state index contributed by atoms with van der Waals surface area (Å²) in [6, 6.07) is 8.85. The molecule has 1 atom stereocenters. The van der Waals surface area contributed by atoms with E-state index in [2.05, 4.69) is 17.0 Å². The van der Waals surface area contributed by atoms with Gasteiger partial charge in [-0.25, -0.2) is 4.79 Å². The van der Waals surface area contributed by atoms with Crippen LogP contribution in [0.2, 0.25) is 0 Å². The molecule has 0 aliphatic carbocycles. The minimum Gasteiger partial charge on any atom is -0.480 e. The van der Waals surface area contributed by atoms with Crippen molar-refractivity contribution in [1.82, 2.24) is 15.1 Å². The van der Waals surface area contributed by atoms with E-state index in [0.717, 1.165) is 5.56 Å². The van der Waals surface area contributed by atoms with Crippen molar-refractivity contribution in [3.8, 4) is 0 Å². The summed E-state index contributed by atoms with van der Waals surface area (Å²) in [5.41, 5.74) is 2.16. The summed E-state index contributed by atoms with van der Waals surface area (Å²) in [4.78, 5) is 23.6. The highest BCUT2D eigenvalue weighted by Crippen LogP contribution is 2.11. The molecule has 0 saturated heterocycles. The maximum absolute atomic E-state index is 12.4. The van der Waals surface area contributed by atoms with Gasteiger partial charge < -0.3 is 10.4 Å². The molecule has 6 nitrogen and oxygen atoms in total. The number of aliphatic carboxylic acids is 1. The third-order valence-electron chi connectivity index (χ3n) is 3.79. The average molecular weight is 327 g/mol. The van der Waals surface area contributed by atoms with Crippen molar-refractivity contribution in [1.29, 1.82) is 0 Å². The summed E-state index contributed by atoms with van der Waals surface area (Å²) < 4.78 is 1.73. The Bertz CT molecular complexity index is 722. The zero-order valence-electron chi connectivity index (χ0n) is 13.6. The number of aromatic nitrogens is 2. The molecule has 126 valence electrons. The van der Waals surface area contributed by atoms with E-state index in [-0.39, 0.29) is 0 Å². The van der Waals surface area contributed by atoms with Crippen LogP contribution in [-0.2, 0) is 11.3 Å². The molecule has 0 aliphatic rings. The highest BCUT2D eigenvalue weighted by Gasteiger charge is 2.22. The van der Waals surface area contributed by atoms with Crippen molar-refractivity contribution in [3.05, 3.63) is 66.0 Å². The standard InChI is InChI=1S/C18H21N3O3/c1-3-4-10-16(18(23)24)20-17(22)15-11-19-21(13(15)2)12-14-8-6-5-7-9-14/h3,5-9,11,16H,1,4,10,12H2,2H3,(H,20,22)(H,23,24). The molecule has 0 bridgehead atoms. The monoisotopic (exact) mass is 327 g/mol. The second kappa shape index (κ2) is 8.10. The van der Waals surface area contributed by atoms with Crippen LogP contribution in [0.3, 0.4) is 0 Å². The first kappa shape index (κ1) is 17.5. The van der Waals surface area contributed by atoms with Gasteiger partial charge in [0.25, 0.3) is 5.91 Å². The van der Waals surface area contributed by atoms with Gasteiger partial charge in [-0.05, 0) is 25.3 Å². The van der Waals surface area contributed by atoms with Crippen LogP contribution in [0, 0.1) is 6.92 Å². The SMILES string of the molecule is C=CCCC(NC(=O)c1cnn(Cc2ccccc2)c1C)C(=O)O. The number of hydrogen-bond donors (Lipinski definition) is 2. The number of carboxylic acids is 1. The molecule has 6 heteroatoms. The Kier molecular flexibility index (Phi) is 5.89. The summed E-state index contributed by atoms with van der Waals surface area (Å²) >= 11 is 0. The predicted octanol–water partition coefficient (Wildman–Crippen LogP) is 2.39. The van der Waals surface area contributed by atoms with Crippen LogP contribution >= 0.6 is 0 Å². The number of nitrogens with one attached hydrogen (secondary N) is 1. The van der Waals surface area contributed by atoms with Crippen molar-refractivity contribution in [3.63, 3.8) is 0 Å². The van der Waals surface area contributed by atoms with Crippen molar-refractivity contribution < 1.29 is 14.7 Å². The van der Waals surface area contributed by atoms with Gasteiger partial charge in [-0.2, -0.15) is 5.10 Å². The highest BCUT2D eigenvalue weighted by molar-refractivity contribution is 5.97. The van der Waals surface area contributed by atoms with E-state index in [1.807, 2.05) is 30.3 Å². The van der Waals surface area contributed by atoms with Crippen LogP contribution in [-0.4, -0.2) is 32.8 Å². The van der Waals surface area contributed by atoms with E-state index in [1.54, 1.807) is 17.7 Å². The fraction of sp³-hybridized carbons (Fsp3) is 0.278. The van der Waals surface area contributed by atoms with Gasteiger partial charge in [0.15, 0.2) is 0 Å². The molecule has 1 heterocycles. The van der Waals surface area contributed by atoms with Crippen LogP contribution in [0.1, 0.15) is 34.5 Å². The van der Waals surface area contributed by atoms with Crippen molar-refractivity contribution in [2.45, 2.75) is 32.4 Å². The Labute approximate surface area is 140 Å². The number of allylic oxidation sites excluding steroid dienone is 1. The zero-order chi connectivity index (χ0) is 17.5. The normalized spacial score (nSPS) is 11.7. The van der Waals surface area contributed by atoms with E-state index >= 15 is 0 Å². The van der Waals surface area contributed by atoms with E-state index in [0.29, 0.717) is 30.6 Å². The Morgan fingerprint density at radius 1 is 1.38 bits per heavy atom. The molecular weight excluding hydrogens is 306 g/mol. The number of rotatable bonds is 8.